The fourth-order valence-electron chi connectivity index (χ4n) is 2.01. The number of aryl methyl sites for hydroxylation is 1. The second kappa shape index (κ2) is 6.55. The zero-order valence-electron chi connectivity index (χ0n) is 11.9. The Hall–Kier alpha value is -1.44. The van der Waals surface area contributed by atoms with Crippen molar-refractivity contribution in [1.29, 1.82) is 0 Å². The molecule has 0 unspecified atom stereocenters. The topological polar surface area (TPSA) is 79.3 Å². The normalized spacial score (nSPS) is 13.1. The predicted molar refractivity (Wildman–Crippen MR) is 85.2 cm³/mol. The zero-order chi connectivity index (χ0) is 15.5. The third-order valence-corrected chi connectivity index (χ3v) is 4.71. The van der Waals surface area contributed by atoms with E-state index in [9.17, 15) is 8.42 Å². The van der Waals surface area contributed by atoms with Gasteiger partial charge in [0, 0.05) is 11.3 Å². The number of thiazole rings is 1. The molecule has 0 aliphatic rings. The molecule has 0 aliphatic heterocycles. The molecule has 21 heavy (non-hydrogen) atoms. The SMILES string of the molecule is CCc1csc([C@@H](C)Cc2ccc(NS(=O)(=O)O)cc2)n1. The van der Waals surface area contributed by atoms with E-state index >= 15 is 0 Å². The summed E-state index contributed by atoms with van der Waals surface area (Å²) in [6.45, 7) is 4.22. The van der Waals surface area contributed by atoms with Gasteiger partial charge in [-0.15, -0.1) is 11.3 Å². The quantitative estimate of drug-likeness (QED) is 0.799. The van der Waals surface area contributed by atoms with E-state index in [0.29, 0.717) is 11.6 Å². The van der Waals surface area contributed by atoms with Crippen LogP contribution in [0, 0.1) is 0 Å². The summed E-state index contributed by atoms with van der Waals surface area (Å²) in [5.41, 5.74) is 2.56. The first-order valence-electron chi connectivity index (χ1n) is 6.66. The molecule has 0 amide bonds. The Labute approximate surface area is 128 Å². The number of benzene rings is 1. The number of aromatic nitrogens is 1. The third-order valence-electron chi connectivity index (χ3n) is 3.10. The van der Waals surface area contributed by atoms with E-state index < -0.39 is 10.3 Å². The average Bonchev–Trinajstić information content (AvgIpc) is 2.88. The standard InChI is InChI=1S/C14H18N2O3S2/c1-3-12-9-20-14(15-12)10(2)8-11-4-6-13(7-5-11)16-21(17,18)19/h4-7,9-10,16H,3,8H2,1-2H3,(H,17,18,19)/t10-/m0/s1. The molecule has 5 nitrogen and oxygen atoms in total. The molecule has 0 radical (unpaired) electrons. The first-order valence-corrected chi connectivity index (χ1v) is 8.98. The van der Waals surface area contributed by atoms with E-state index in [4.69, 9.17) is 4.55 Å². The highest BCUT2D eigenvalue weighted by molar-refractivity contribution is 7.87. The average molecular weight is 326 g/mol. The van der Waals surface area contributed by atoms with Crippen LogP contribution in [0.15, 0.2) is 29.6 Å². The molecular formula is C14H18N2O3S2. The van der Waals surface area contributed by atoms with Crippen molar-refractivity contribution in [1.82, 2.24) is 4.98 Å². The monoisotopic (exact) mass is 326 g/mol. The summed E-state index contributed by atoms with van der Waals surface area (Å²) in [4.78, 5) is 4.58. The second-order valence-corrected chi connectivity index (χ2v) is 6.95. The number of anilines is 1. The van der Waals surface area contributed by atoms with Gasteiger partial charge in [0.05, 0.1) is 16.4 Å². The van der Waals surface area contributed by atoms with Crippen LogP contribution in [-0.4, -0.2) is 18.0 Å². The maximum atomic E-state index is 10.7. The lowest BCUT2D eigenvalue weighted by Gasteiger charge is -2.09. The Balaban J connectivity index is 2.02. The lowest BCUT2D eigenvalue weighted by atomic mass is 10.0. The van der Waals surface area contributed by atoms with Gasteiger partial charge in [0.15, 0.2) is 0 Å². The number of nitrogens with one attached hydrogen (secondary N) is 1. The molecule has 2 aromatic rings. The summed E-state index contributed by atoms with van der Waals surface area (Å²) in [6, 6.07) is 6.96. The molecule has 7 heteroatoms. The Morgan fingerprint density at radius 3 is 2.52 bits per heavy atom. The van der Waals surface area contributed by atoms with E-state index in [0.717, 1.165) is 29.1 Å². The molecule has 0 bridgehead atoms. The fraction of sp³-hybridized carbons (Fsp3) is 0.357. The van der Waals surface area contributed by atoms with E-state index in [2.05, 4.69) is 24.2 Å². The molecule has 0 spiro atoms. The van der Waals surface area contributed by atoms with Gasteiger partial charge in [-0.3, -0.25) is 9.27 Å². The Morgan fingerprint density at radius 2 is 2.00 bits per heavy atom. The molecule has 0 saturated carbocycles. The number of hydrogen-bond donors (Lipinski definition) is 2. The van der Waals surface area contributed by atoms with Crippen molar-refractivity contribution in [3.8, 4) is 0 Å². The van der Waals surface area contributed by atoms with E-state index in [1.54, 1.807) is 23.5 Å². The summed E-state index contributed by atoms with van der Waals surface area (Å²) < 4.78 is 32.2. The molecule has 0 saturated heterocycles. The van der Waals surface area contributed by atoms with E-state index in [1.165, 1.54) is 0 Å². The fourth-order valence-corrected chi connectivity index (χ4v) is 3.41. The van der Waals surface area contributed by atoms with Crippen LogP contribution >= 0.6 is 11.3 Å². The smallest absolute Gasteiger partial charge is 0.269 e. The van der Waals surface area contributed by atoms with Gasteiger partial charge < -0.3 is 0 Å². The maximum absolute atomic E-state index is 10.7. The van der Waals surface area contributed by atoms with Crippen LogP contribution in [0.4, 0.5) is 5.69 Å². The lowest BCUT2D eigenvalue weighted by Crippen LogP contribution is -2.10. The highest BCUT2D eigenvalue weighted by Crippen LogP contribution is 2.24. The van der Waals surface area contributed by atoms with Crippen molar-refractivity contribution < 1.29 is 13.0 Å². The van der Waals surface area contributed by atoms with Gasteiger partial charge in [-0.25, -0.2) is 4.98 Å². The molecule has 2 N–H and O–H groups in total. The molecule has 1 atom stereocenters. The van der Waals surface area contributed by atoms with Gasteiger partial charge in [0.2, 0.25) is 0 Å². The summed E-state index contributed by atoms with van der Waals surface area (Å²) in [6.07, 6.45) is 1.78. The van der Waals surface area contributed by atoms with Crippen LogP contribution < -0.4 is 4.72 Å². The van der Waals surface area contributed by atoms with Crippen LogP contribution in [0.2, 0.25) is 0 Å². The zero-order valence-corrected chi connectivity index (χ0v) is 13.5. The van der Waals surface area contributed by atoms with Crippen molar-refractivity contribution in [2.24, 2.45) is 0 Å². The number of rotatable bonds is 6. The molecule has 1 heterocycles. The largest absolute Gasteiger partial charge is 0.357 e. The van der Waals surface area contributed by atoms with Crippen LogP contribution in [0.3, 0.4) is 0 Å². The van der Waals surface area contributed by atoms with Gasteiger partial charge >= 0.3 is 10.3 Å². The minimum Gasteiger partial charge on any atom is -0.269 e. The van der Waals surface area contributed by atoms with Crippen molar-refractivity contribution in [2.75, 3.05) is 4.72 Å². The predicted octanol–water partition coefficient (Wildman–Crippen LogP) is 3.27. The van der Waals surface area contributed by atoms with Crippen LogP contribution in [-0.2, 0) is 23.1 Å². The molecular weight excluding hydrogens is 308 g/mol. The Morgan fingerprint density at radius 1 is 1.33 bits per heavy atom. The maximum Gasteiger partial charge on any atom is 0.357 e. The molecule has 1 aromatic carbocycles. The third kappa shape index (κ3) is 4.80. The van der Waals surface area contributed by atoms with Gasteiger partial charge in [-0.1, -0.05) is 26.0 Å². The van der Waals surface area contributed by atoms with Crippen molar-refractivity contribution in [3.05, 3.63) is 45.9 Å². The van der Waals surface area contributed by atoms with Gasteiger partial charge in [-0.05, 0) is 30.5 Å². The van der Waals surface area contributed by atoms with Crippen molar-refractivity contribution >= 4 is 27.3 Å². The minimum atomic E-state index is -4.21. The first-order chi connectivity index (χ1) is 9.87. The Kier molecular flexibility index (Phi) is 4.97. The van der Waals surface area contributed by atoms with Gasteiger partial charge in [0.25, 0.3) is 0 Å². The summed E-state index contributed by atoms with van der Waals surface area (Å²) in [5, 5.41) is 3.21. The van der Waals surface area contributed by atoms with Crippen molar-refractivity contribution in [2.45, 2.75) is 32.6 Å². The summed E-state index contributed by atoms with van der Waals surface area (Å²) in [7, 11) is -4.21. The number of nitrogens with zero attached hydrogens (tertiary/aromatic N) is 1. The summed E-state index contributed by atoms with van der Waals surface area (Å²) >= 11 is 1.68. The highest BCUT2D eigenvalue weighted by Gasteiger charge is 2.11. The van der Waals surface area contributed by atoms with E-state index in [-0.39, 0.29) is 0 Å². The molecule has 114 valence electrons. The van der Waals surface area contributed by atoms with Gasteiger partial charge in [-0.2, -0.15) is 8.42 Å². The minimum absolute atomic E-state index is 0.315. The van der Waals surface area contributed by atoms with Crippen LogP contribution in [0.5, 0.6) is 0 Å². The van der Waals surface area contributed by atoms with Crippen LogP contribution in [0.1, 0.15) is 36.0 Å². The number of hydrogen-bond acceptors (Lipinski definition) is 4. The molecule has 0 fully saturated rings. The summed E-state index contributed by atoms with van der Waals surface area (Å²) in [5.74, 6) is 0.315. The first kappa shape index (κ1) is 15.9. The lowest BCUT2D eigenvalue weighted by molar-refractivity contribution is 0.489. The van der Waals surface area contributed by atoms with Crippen LogP contribution in [0.25, 0.3) is 0 Å². The molecule has 1 aromatic heterocycles. The van der Waals surface area contributed by atoms with E-state index in [1.807, 2.05) is 16.9 Å². The molecule has 0 aliphatic carbocycles. The second-order valence-electron chi connectivity index (χ2n) is 4.91. The molecule has 2 rings (SSSR count). The highest BCUT2D eigenvalue weighted by atomic mass is 32.2. The van der Waals surface area contributed by atoms with Gasteiger partial charge in [0.1, 0.15) is 0 Å². The van der Waals surface area contributed by atoms with Crippen molar-refractivity contribution in [3.63, 3.8) is 0 Å². The Bertz CT molecular complexity index is 693.